The highest BCUT2D eigenvalue weighted by Gasteiger charge is 2.25. The summed E-state index contributed by atoms with van der Waals surface area (Å²) in [6.45, 7) is 0. The van der Waals surface area contributed by atoms with Gasteiger partial charge in [-0.2, -0.15) is 10.1 Å². The van der Waals surface area contributed by atoms with Crippen LogP contribution in [0.5, 0.6) is 0 Å². The third kappa shape index (κ3) is 3.38. The van der Waals surface area contributed by atoms with E-state index in [1.807, 2.05) is 30.3 Å². The summed E-state index contributed by atoms with van der Waals surface area (Å²) in [6, 6.07) is 16.4. The third-order valence-electron chi connectivity index (χ3n) is 4.64. The first kappa shape index (κ1) is 16.3. The van der Waals surface area contributed by atoms with Gasteiger partial charge in [-0.15, -0.1) is 0 Å². The van der Waals surface area contributed by atoms with Gasteiger partial charge in [0.2, 0.25) is 5.95 Å². The first-order valence-corrected chi connectivity index (χ1v) is 9.65. The van der Waals surface area contributed by atoms with Gasteiger partial charge in [-0.05, 0) is 40.2 Å². The lowest BCUT2D eigenvalue weighted by atomic mass is 10.1. The van der Waals surface area contributed by atoms with E-state index in [1.165, 1.54) is 23.9 Å². The zero-order valence-electron chi connectivity index (χ0n) is 14.4. The fourth-order valence-corrected chi connectivity index (χ4v) is 3.39. The molecule has 0 aliphatic heterocycles. The number of nitrogens with one attached hydrogen (secondary N) is 3. The monoisotopic (exact) mass is 420 g/mol. The van der Waals surface area contributed by atoms with Gasteiger partial charge < -0.3 is 10.6 Å². The molecule has 7 heteroatoms. The van der Waals surface area contributed by atoms with Crippen molar-refractivity contribution in [3.05, 3.63) is 64.9 Å². The number of fused-ring (bicyclic) bond motifs is 1. The molecule has 27 heavy (non-hydrogen) atoms. The van der Waals surface area contributed by atoms with Crippen LogP contribution >= 0.6 is 15.9 Å². The molecule has 0 atom stereocenters. The Kier molecular flexibility index (Phi) is 4.01. The number of aromatic amines is 1. The van der Waals surface area contributed by atoms with E-state index in [4.69, 9.17) is 0 Å². The normalized spacial score (nSPS) is 13.7. The van der Waals surface area contributed by atoms with Gasteiger partial charge in [0.1, 0.15) is 0 Å². The summed E-state index contributed by atoms with van der Waals surface area (Å²) in [5, 5.41) is 16.3. The summed E-state index contributed by atoms with van der Waals surface area (Å²) in [6.07, 6.45) is 4.20. The molecule has 0 unspecified atom stereocenters. The van der Waals surface area contributed by atoms with Crippen molar-refractivity contribution in [2.24, 2.45) is 0 Å². The Morgan fingerprint density at radius 3 is 2.78 bits per heavy atom. The molecule has 4 aromatic rings. The van der Waals surface area contributed by atoms with Gasteiger partial charge in [-0.3, -0.25) is 5.10 Å². The van der Waals surface area contributed by atoms with Crippen LogP contribution in [0.25, 0.3) is 10.8 Å². The molecule has 2 heterocycles. The van der Waals surface area contributed by atoms with E-state index in [1.54, 1.807) is 6.20 Å². The topological polar surface area (TPSA) is 78.5 Å². The molecular weight excluding hydrogens is 404 g/mol. The highest BCUT2D eigenvalue weighted by Crippen LogP contribution is 2.39. The largest absolute Gasteiger partial charge is 0.324 e. The Balaban J connectivity index is 1.42. The molecule has 0 amide bonds. The molecule has 0 radical (unpaired) electrons. The minimum atomic E-state index is 0.523. The van der Waals surface area contributed by atoms with Crippen molar-refractivity contribution in [3.8, 4) is 0 Å². The molecule has 134 valence electrons. The van der Waals surface area contributed by atoms with E-state index in [0.29, 0.717) is 17.7 Å². The summed E-state index contributed by atoms with van der Waals surface area (Å²) in [7, 11) is 0. The number of benzene rings is 2. The van der Waals surface area contributed by atoms with Crippen LogP contribution in [0.4, 0.5) is 23.3 Å². The van der Waals surface area contributed by atoms with Crippen LogP contribution in [0.15, 0.2) is 59.2 Å². The van der Waals surface area contributed by atoms with Crippen molar-refractivity contribution in [1.82, 2.24) is 20.2 Å². The molecule has 5 rings (SSSR count). The van der Waals surface area contributed by atoms with E-state index >= 15 is 0 Å². The molecule has 1 fully saturated rings. The van der Waals surface area contributed by atoms with Crippen molar-refractivity contribution in [2.45, 2.75) is 18.8 Å². The van der Waals surface area contributed by atoms with Gasteiger partial charge in [-0.1, -0.05) is 36.4 Å². The lowest BCUT2D eigenvalue weighted by molar-refractivity contribution is 0.966. The van der Waals surface area contributed by atoms with Crippen LogP contribution in [0, 0.1) is 0 Å². The van der Waals surface area contributed by atoms with Crippen molar-refractivity contribution in [3.63, 3.8) is 0 Å². The molecule has 2 aromatic heterocycles. The first-order valence-electron chi connectivity index (χ1n) is 8.86. The van der Waals surface area contributed by atoms with Gasteiger partial charge in [0, 0.05) is 34.9 Å². The number of nitrogens with zero attached hydrogens (tertiary/aromatic N) is 3. The number of hydrogen-bond acceptors (Lipinski definition) is 5. The average molecular weight is 421 g/mol. The highest BCUT2D eigenvalue weighted by molar-refractivity contribution is 9.10. The molecule has 0 bridgehead atoms. The molecule has 6 nitrogen and oxygen atoms in total. The van der Waals surface area contributed by atoms with Crippen LogP contribution in [-0.4, -0.2) is 20.2 Å². The van der Waals surface area contributed by atoms with Crippen molar-refractivity contribution < 1.29 is 0 Å². The van der Waals surface area contributed by atoms with E-state index in [-0.39, 0.29) is 0 Å². The van der Waals surface area contributed by atoms with Gasteiger partial charge in [0.15, 0.2) is 11.6 Å². The summed E-state index contributed by atoms with van der Waals surface area (Å²) >= 11 is 3.51. The van der Waals surface area contributed by atoms with Gasteiger partial charge in [-0.25, -0.2) is 4.98 Å². The number of halogens is 1. The first-order chi connectivity index (χ1) is 13.3. The van der Waals surface area contributed by atoms with Crippen molar-refractivity contribution >= 4 is 50.0 Å². The summed E-state index contributed by atoms with van der Waals surface area (Å²) in [5.74, 6) is 2.58. The van der Waals surface area contributed by atoms with Crippen LogP contribution in [0.1, 0.15) is 24.5 Å². The maximum atomic E-state index is 4.61. The lowest BCUT2D eigenvalue weighted by Gasteiger charge is -2.10. The molecule has 0 spiro atoms. The van der Waals surface area contributed by atoms with Crippen LogP contribution in [0.2, 0.25) is 0 Å². The minimum Gasteiger partial charge on any atom is -0.324 e. The Morgan fingerprint density at radius 1 is 1.04 bits per heavy atom. The van der Waals surface area contributed by atoms with Crippen molar-refractivity contribution in [1.29, 1.82) is 0 Å². The highest BCUT2D eigenvalue weighted by atomic mass is 79.9. The van der Waals surface area contributed by atoms with Gasteiger partial charge in [0.25, 0.3) is 0 Å². The maximum Gasteiger partial charge on any atom is 0.229 e. The number of H-pyrrole nitrogens is 1. The van der Waals surface area contributed by atoms with E-state index in [2.05, 4.69) is 64.9 Å². The predicted octanol–water partition coefficient (Wildman–Crippen LogP) is 5.48. The van der Waals surface area contributed by atoms with E-state index in [9.17, 15) is 0 Å². The minimum absolute atomic E-state index is 0.523. The summed E-state index contributed by atoms with van der Waals surface area (Å²) in [5.41, 5.74) is 2.15. The number of aromatic nitrogens is 4. The fourth-order valence-electron chi connectivity index (χ4n) is 3.10. The smallest absolute Gasteiger partial charge is 0.229 e. The zero-order chi connectivity index (χ0) is 18.2. The van der Waals surface area contributed by atoms with Crippen LogP contribution < -0.4 is 10.6 Å². The predicted molar refractivity (Wildman–Crippen MR) is 111 cm³/mol. The second kappa shape index (κ2) is 6.66. The third-order valence-corrected chi connectivity index (χ3v) is 5.22. The maximum absolute atomic E-state index is 4.61. The number of hydrogen-bond donors (Lipinski definition) is 3. The number of rotatable bonds is 5. The van der Waals surface area contributed by atoms with E-state index in [0.717, 1.165) is 21.4 Å². The second-order valence-corrected chi connectivity index (χ2v) is 7.50. The molecule has 1 saturated carbocycles. The Hall–Kier alpha value is -2.93. The van der Waals surface area contributed by atoms with Gasteiger partial charge >= 0.3 is 0 Å². The molecular formula is C20H17BrN6. The second-order valence-electron chi connectivity index (χ2n) is 6.65. The lowest BCUT2D eigenvalue weighted by Crippen LogP contribution is -2.02. The Morgan fingerprint density at radius 2 is 1.89 bits per heavy atom. The average Bonchev–Trinajstić information content (AvgIpc) is 3.44. The zero-order valence-corrected chi connectivity index (χ0v) is 16.0. The summed E-state index contributed by atoms with van der Waals surface area (Å²) < 4.78 is 0.780. The molecule has 0 saturated heterocycles. The quantitative estimate of drug-likeness (QED) is 0.398. The summed E-state index contributed by atoms with van der Waals surface area (Å²) in [4.78, 5) is 8.99. The Bertz CT molecular complexity index is 1110. The molecule has 1 aliphatic carbocycles. The Labute approximate surface area is 164 Å². The standard InChI is InChI=1S/C20H17BrN6/c21-15-11-22-20(23-16-7-3-5-12-4-1-2-6-14(12)16)25-19(15)24-18-10-17(26-27-18)13-8-9-13/h1-7,10-11,13H,8-9H2,(H3,22,23,24,25,26,27). The molecule has 3 N–H and O–H groups in total. The SMILES string of the molecule is Brc1cnc(Nc2cccc3ccccc23)nc1Nc1cc(C2CC2)[nH]n1. The van der Waals surface area contributed by atoms with Crippen LogP contribution in [-0.2, 0) is 0 Å². The van der Waals surface area contributed by atoms with Gasteiger partial charge in [0.05, 0.1) is 4.47 Å². The molecule has 2 aromatic carbocycles. The van der Waals surface area contributed by atoms with E-state index < -0.39 is 0 Å². The van der Waals surface area contributed by atoms with Crippen LogP contribution in [0.3, 0.4) is 0 Å². The number of anilines is 4. The molecule has 1 aliphatic rings. The van der Waals surface area contributed by atoms with Crippen molar-refractivity contribution in [2.75, 3.05) is 10.6 Å². The fraction of sp³-hybridized carbons (Fsp3) is 0.150.